The van der Waals surface area contributed by atoms with E-state index in [9.17, 15) is 14.4 Å². The Morgan fingerprint density at radius 2 is 1.57 bits per heavy atom. The summed E-state index contributed by atoms with van der Waals surface area (Å²) in [5.74, 6) is -2.85. The molecule has 2 N–H and O–H groups in total. The molecule has 0 heterocycles. The molecule has 2 aromatic rings. The number of rotatable bonds is 4. The van der Waals surface area contributed by atoms with Gasteiger partial charge in [0.1, 0.15) is 17.4 Å². The lowest BCUT2D eigenvalue weighted by Gasteiger charge is -2.07. The number of carbonyl (C=O) groups excluding carboxylic acids is 3. The Hall–Kier alpha value is -2.12. The Morgan fingerprint density at radius 1 is 1.04 bits per heavy atom. The number of Topliss-reactive ketones (excluding diaryl/α,β-unsaturated/α-hetero) is 2. The number of carbonyl (C=O) groups is 3. The Labute approximate surface area is 179 Å². The third-order valence-electron chi connectivity index (χ3n) is 4.15. The van der Waals surface area contributed by atoms with Crippen molar-refractivity contribution < 1.29 is 19.1 Å². The van der Waals surface area contributed by atoms with Crippen molar-refractivity contribution in [3.63, 3.8) is 0 Å². The van der Waals surface area contributed by atoms with Gasteiger partial charge in [0.25, 0.3) is 0 Å². The lowest BCUT2D eigenvalue weighted by atomic mass is 10.1. The average Bonchev–Trinajstić information content (AvgIpc) is 2.92. The fourth-order valence-electron chi connectivity index (χ4n) is 2.76. The summed E-state index contributed by atoms with van der Waals surface area (Å²) in [6, 6.07) is 4.33. The maximum Gasteiger partial charge on any atom is 0.248 e. The highest BCUT2D eigenvalue weighted by Crippen LogP contribution is 2.46. The van der Waals surface area contributed by atoms with E-state index in [1.807, 2.05) is 0 Å². The summed E-state index contributed by atoms with van der Waals surface area (Å²) in [5.41, 5.74) is 5.46. The van der Waals surface area contributed by atoms with Gasteiger partial charge in [0, 0.05) is 11.8 Å². The summed E-state index contributed by atoms with van der Waals surface area (Å²) in [6.07, 6.45) is 1.13. The van der Waals surface area contributed by atoms with Gasteiger partial charge in [-0.2, -0.15) is 0 Å². The zero-order chi connectivity index (χ0) is 20.7. The highest BCUT2D eigenvalue weighted by molar-refractivity contribution is 6.56. The first-order valence-electron chi connectivity index (χ1n) is 7.65. The molecule has 6 nitrogen and oxygen atoms in total. The molecular formula is C18H10Cl4N2O4. The number of ketones is 2. The van der Waals surface area contributed by atoms with Crippen LogP contribution in [0.2, 0.25) is 20.1 Å². The van der Waals surface area contributed by atoms with E-state index in [2.05, 4.69) is 4.99 Å². The lowest BCUT2D eigenvalue weighted by Crippen LogP contribution is -2.16. The Morgan fingerprint density at radius 3 is 2.04 bits per heavy atom. The van der Waals surface area contributed by atoms with Gasteiger partial charge in [-0.05, 0) is 18.2 Å². The maximum atomic E-state index is 12.7. The molecule has 0 spiro atoms. The zero-order valence-electron chi connectivity index (χ0n) is 14.1. The molecule has 28 heavy (non-hydrogen) atoms. The minimum Gasteiger partial charge on any atom is -0.494 e. The van der Waals surface area contributed by atoms with Gasteiger partial charge in [-0.25, -0.2) is 0 Å². The number of fused-ring (bicyclic) bond motifs is 1. The quantitative estimate of drug-likeness (QED) is 0.307. The molecule has 144 valence electrons. The summed E-state index contributed by atoms with van der Waals surface area (Å²) >= 11 is 24.2. The van der Waals surface area contributed by atoms with Crippen LogP contribution < -0.4 is 10.5 Å². The number of hydrogen-bond acceptors (Lipinski definition) is 5. The van der Waals surface area contributed by atoms with Crippen LogP contribution in [0.4, 0.5) is 5.69 Å². The Balaban J connectivity index is 2.06. The molecule has 0 atom stereocenters. The van der Waals surface area contributed by atoms with Gasteiger partial charge in [0.2, 0.25) is 5.91 Å². The Bertz CT molecular complexity index is 1030. The number of methoxy groups -OCH3 is 1. The third-order valence-corrected chi connectivity index (χ3v) is 5.95. The SMILES string of the molecule is COc1ccc(C(N)=O)cc1N=CC1C(=O)c2c(Cl)c(Cl)c(Cl)c(Cl)c2C1=O. The number of nitrogens with zero attached hydrogens (tertiary/aromatic N) is 1. The Kier molecular flexibility index (Phi) is 5.68. The number of primary amides is 1. The first-order valence-corrected chi connectivity index (χ1v) is 9.16. The van der Waals surface area contributed by atoms with Crippen molar-refractivity contribution in [2.45, 2.75) is 0 Å². The summed E-state index contributed by atoms with van der Waals surface area (Å²) in [4.78, 5) is 41.0. The van der Waals surface area contributed by atoms with E-state index in [-0.39, 0.29) is 42.5 Å². The minimum absolute atomic E-state index is 0.0969. The maximum absolute atomic E-state index is 12.7. The van der Waals surface area contributed by atoms with Gasteiger partial charge in [-0.3, -0.25) is 19.4 Å². The van der Waals surface area contributed by atoms with E-state index in [1.165, 1.54) is 25.3 Å². The van der Waals surface area contributed by atoms with Gasteiger partial charge in [-0.15, -0.1) is 0 Å². The number of ether oxygens (including phenoxy) is 1. The van der Waals surface area contributed by atoms with Crippen molar-refractivity contribution in [2.75, 3.05) is 7.11 Å². The first kappa shape index (κ1) is 20.6. The van der Waals surface area contributed by atoms with Crippen molar-refractivity contribution in [3.05, 3.63) is 55.0 Å². The van der Waals surface area contributed by atoms with E-state index in [0.29, 0.717) is 5.75 Å². The molecule has 1 aliphatic rings. The van der Waals surface area contributed by atoms with E-state index < -0.39 is 23.4 Å². The minimum atomic E-state index is -1.28. The van der Waals surface area contributed by atoms with Crippen LogP contribution in [0.25, 0.3) is 0 Å². The molecule has 3 rings (SSSR count). The number of benzene rings is 2. The highest BCUT2D eigenvalue weighted by Gasteiger charge is 2.42. The van der Waals surface area contributed by atoms with Gasteiger partial charge in [-0.1, -0.05) is 46.4 Å². The van der Waals surface area contributed by atoms with E-state index in [0.717, 1.165) is 6.21 Å². The van der Waals surface area contributed by atoms with Crippen LogP contribution in [-0.2, 0) is 0 Å². The smallest absolute Gasteiger partial charge is 0.248 e. The first-order chi connectivity index (χ1) is 13.2. The second kappa shape index (κ2) is 7.72. The highest BCUT2D eigenvalue weighted by atomic mass is 35.5. The third kappa shape index (κ3) is 3.26. The fourth-order valence-corrected chi connectivity index (χ4v) is 3.80. The summed E-state index contributed by atoms with van der Waals surface area (Å²) in [6.45, 7) is 0. The van der Waals surface area contributed by atoms with E-state index in [1.54, 1.807) is 0 Å². The van der Waals surface area contributed by atoms with Crippen LogP contribution in [-0.4, -0.2) is 30.8 Å². The monoisotopic (exact) mass is 458 g/mol. The van der Waals surface area contributed by atoms with Crippen molar-refractivity contribution in [1.82, 2.24) is 0 Å². The molecule has 0 saturated carbocycles. The zero-order valence-corrected chi connectivity index (χ0v) is 17.1. The van der Waals surface area contributed by atoms with Crippen LogP contribution in [0, 0.1) is 5.92 Å². The normalized spacial score (nSPS) is 14.0. The fraction of sp³-hybridized carbons (Fsp3) is 0.111. The summed E-state index contributed by atoms with van der Waals surface area (Å²) in [5, 5.41) is -0.509. The molecule has 2 aromatic carbocycles. The standard InChI is InChI=1S/C18H10Cl4N2O4/c1-28-9-3-2-6(18(23)27)4-8(9)24-5-7-16(25)10-11(17(7)26)13(20)15(22)14(21)12(10)19/h2-5,7H,1H3,(H2,23,27). The second-order valence-corrected chi connectivity index (χ2v) is 7.25. The largest absolute Gasteiger partial charge is 0.494 e. The lowest BCUT2D eigenvalue weighted by molar-refractivity contribution is 0.0885. The number of nitrogens with two attached hydrogens (primary N) is 1. The van der Waals surface area contributed by atoms with Crippen LogP contribution in [0.1, 0.15) is 31.1 Å². The summed E-state index contributed by atoms with van der Waals surface area (Å²) in [7, 11) is 1.41. The molecule has 1 aliphatic carbocycles. The molecule has 10 heteroatoms. The summed E-state index contributed by atoms with van der Waals surface area (Å²) < 4.78 is 5.17. The van der Waals surface area contributed by atoms with Crippen molar-refractivity contribution in [3.8, 4) is 5.75 Å². The molecule has 0 radical (unpaired) electrons. The molecule has 0 aromatic heterocycles. The molecule has 0 fully saturated rings. The molecule has 0 saturated heterocycles. The van der Waals surface area contributed by atoms with Crippen LogP contribution in [0.3, 0.4) is 0 Å². The van der Waals surface area contributed by atoms with Crippen molar-refractivity contribution in [2.24, 2.45) is 16.6 Å². The number of halogens is 4. The van der Waals surface area contributed by atoms with Crippen molar-refractivity contribution >= 4 is 75.8 Å². The number of amides is 1. The predicted octanol–water partition coefficient (Wildman–Crippen LogP) is 4.81. The van der Waals surface area contributed by atoms with Gasteiger partial charge in [0.05, 0.1) is 38.3 Å². The van der Waals surface area contributed by atoms with Crippen LogP contribution >= 0.6 is 46.4 Å². The number of aliphatic imine (C=N–C) groups is 1. The molecule has 0 bridgehead atoms. The predicted molar refractivity (Wildman–Crippen MR) is 108 cm³/mol. The average molecular weight is 460 g/mol. The second-order valence-electron chi connectivity index (χ2n) is 5.74. The van der Waals surface area contributed by atoms with Crippen LogP contribution in [0.15, 0.2) is 23.2 Å². The van der Waals surface area contributed by atoms with Gasteiger partial charge >= 0.3 is 0 Å². The molecule has 0 unspecified atom stereocenters. The molecule has 0 aliphatic heterocycles. The van der Waals surface area contributed by atoms with E-state index >= 15 is 0 Å². The van der Waals surface area contributed by atoms with E-state index in [4.69, 9.17) is 56.9 Å². The van der Waals surface area contributed by atoms with Crippen LogP contribution in [0.5, 0.6) is 5.75 Å². The topological polar surface area (TPSA) is 98.8 Å². The molecular weight excluding hydrogens is 450 g/mol. The molecule has 1 amide bonds. The van der Waals surface area contributed by atoms with Crippen molar-refractivity contribution in [1.29, 1.82) is 0 Å². The van der Waals surface area contributed by atoms with Gasteiger partial charge < -0.3 is 10.5 Å². The number of hydrogen-bond donors (Lipinski definition) is 1. The van der Waals surface area contributed by atoms with Gasteiger partial charge in [0.15, 0.2) is 11.6 Å².